The summed E-state index contributed by atoms with van der Waals surface area (Å²) >= 11 is 11.9. The molecule has 2 aromatic rings. The Morgan fingerprint density at radius 2 is 1.73 bits per heavy atom. The van der Waals surface area contributed by atoms with Crippen LogP contribution in [0, 0.1) is 0 Å². The number of hydrogen-bond acceptors (Lipinski definition) is 3. The van der Waals surface area contributed by atoms with E-state index in [-0.39, 0.29) is 17.9 Å². The largest absolute Gasteiger partial charge is 0.492 e. The van der Waals surface area contributed by atoms with Gasteiger partial charge in [-0.1, -0.05) is 42.5 Å². The molecular weight excluding hydrogens is 423 g/mol. The highest BCUT2D eigenvalue weighted by atomic mass is 35.5. The van der Waals surface area contributed by atoms with Crippen LogP contribution >= 0.6 is 23.2 Å². The Labute approximate surface area is 187 Å². The second kappa shape index (κ2) is 11.2. The van der Waals surface area contributed by atoms with Crippen LogP contribution in [0.2, 0.25) is 10.0 Å². The van der Waals surface area contributed by atoms with Crippen LogP contribution in [0.25, 0.3) is 0 Å². The summed E-state index contributed by atoms with van der Waals surface area (Å²) in [4.78, 5) is 24.5. The van der Waals surface area contributed by atoms with Crippen LogP contribution < -0.4 is 15.4 Å². The zero-order valence-electron chi connectivity index (χ0n) is 16.8. The molecule has 1 aliphatic carbocycles. The summed E-state index contributed by atoms with van der Waals surface area (Å²) in [7, 11) is 0. The summed E-state index contributed by atoms with van der Waals surface area (Å²) in [6, 6.07) is 12.3. The molecule has 1 saturated carbocycles. The van der Waals surface area contributed by atoms with Gasteiger partial charge in [-0.15, -0.1) is 0 Å². The van der Waals surface area contributed by atoms with E-state index in [4.69, 9.17) is 27.9 Å². The summed E-state index contributed by atoms with van der Waals surface area (Å²) < 4.78 is 5.58. The van der Waals surface area contributed by atoms with E-state index >= 15 is 0 Å². The predicted octanol–water partition coefficient (Wildman–Crippen LogP) is 5.85. The molecule has 2 amide bonds. The first-order valence-corrected chi connectivity index (χ1v) is 11.1. The molecule has 3 rings (SSSR count). The lowest BCUT2D eigenvalue weighted by Crippen LogP contribution is -2.36. The average molecular weight is 449 g/mol. The second-order valence-electron chi connectivity index (χ2n) is 7.46. The lowest BCUT2D eigenvalue weighted by molar-refractivity contribution is -0.116. The highest BCUT2D eigenvalue weighted by molar-refractivity contribution is 6.35. The Bertz CT molecular complexity index is 865. The second-order valence-corrected chi connectivity index (χ2v) is 8.30. The van der Waals surface area contributed by atoms with E-state index in [1.165, 1.54) is 19.3 Å². The van der Waals surface area contributed by atoms with Crippen LogP contribution in [-0.4, -0.2) is 24.5 Å². The van der Waals surface area contributed by atoms with Crippen LogP contribution in [0.1, 0.15) is 55.3 Å². The zero-order chi connectivity index (χ0) is 21.3. The fourth-order valence-corrected chi connectivity index (χ4v) is 3.91. The van der Waals surface area contributed by atoms with Crippen molar-refractivity contribution in [3.05, 3.63) is 58.1 Å². The number of nitrogens with one attached hydrogen (secondary N) is 2. The van der Waals surface area contributed by atoms with Crippen molar-refractivity contribution < 1.29 is 14.3 Å². The van der Waals surface area contributed by atoms with Crippen molar-refractivity contribution in [2.75, 3.05) is 11.9 Å². The predicted molar refractivity (Wildman–Crippen MR) is 121 cm³/mol. The third kappa shape index (κ3) is 6.92. The topological polar surface area (TPSA) is 67.4 Å². The molecule has 0 atom stereocenters. The van der Waals surface area contributed by atoms with Crippen LogP contribution in [0.3, 0.4) is 0 Å². The van der Waals surface area contributed by atoms with Crippen molar-refractivity contribution in [1.29, 1.82) is 0 Å². The lowest BCUT2D eigenvalue weighted by atomic mass is 9.95. The van der Waals surface area contributed by atoms with E-state index in [2.05, 4.69) is 10.6 Å². The molecule has 160 valence electrons. The first-order chi connectivity index (χ1) is 14.5. The summed E-state index contributed by atoms with van der Waals surface area (Å²) in [5, 5.41) is 6.92. The summed E-state index contributed by atoms with van der Waals surface area (Å²) in [5.74, 6) is 0.376. The minimum atomic E-state index is -0.111. The Hall–Kier alpha value is -2.24. The number of anilines is 1. The third-order valence-corrected chi connectivity index (χ3v) is 5.60. The molecule has 0 spiro atoms. The number of amides is 2. The number of ether oxygens (including phenoxy) is 1. The van der Waals surface area contributed by atoms with Crippen LogP contribution in [0.5, 0.6) is 5.75 Å². The standard InChI is InChI=1S/C23H26Cl2N2O3/c24-17-10-13-21(20(25)15-17)30-14-4-7-22(28)26-19-11-8-16(9-12-19)23(29)27-18-5-2-1-3-6-18/h8-13,15,18H,1-7,14H2,(H,26,28)(H,27,29). The van der Waals surface area contributed by atoms with Gasteiger partial charge in [0.2, 0.25) is 5.91 Å². The van der Waals surface area contributed by atoms with Crippen molar-refractivity contribution in [3.8, 4) is 5.75 Å². The van der Waals surface area contributed by atoms with Crippen molar-refractivity contribution >= 4 is 40.7 Å². The van der Waals surface area contributed by atoms with Gasteiger partial charge in [-0.05, 0) is 61.7 Å². The number of halogens is 2. The highest BCUT2D eigenvalue weighted by Gasteiger charge is 2.16. The van der Waals surface area contributed by atoms with Gasteiger partial charge in [-0.2, -0.15) is 0 Å². The number of rotatable bonds is 8. The molecule has 7 heteroatoms. The average Bonchev–Trinajstić information content (AvgIpc) is 2.73. The first-order valence-electron chi connectivity index (χ1n) is 10.3. The normalized spacial score (nSPS) is 14.2. The Kier molecular flexibility index (Phi) is 8.40. The van der Waals surface area contributed by atoms with Gasteiger partial charge in [0.25, 0.3) is 5.91 Å². The minimum absolute atomic E-state index is 0.0576. The molecule has 0 aromatic heterocycles. The Balaban J connectivity index is 1.39. The monoisotopic (exact) mass is 448 g/mol. The molecule has 1 aliphatic rings. The molecule has 30 heavy (non-hydrogen) atoms. The van der Waals surface area contributed by atoms with E-state index in [1.807, 2.05) is 0 Å². The number of carbonyl (C=O) groups is 2. The lowest BCUT2D eigenvalue weighted by Gasteiger charge is -2.22. The molecule has 1 fully saturated rings. The summed E-state index contributed by atoms with van der Waals surface area (Å²) in [6.07, 6.45) is 6.56. The molecular formula is C23H26Cl2N2O3. The van der Waals surface area contributed by atoms with E-state index < -0.39 is 0 Å². The van der Waals surface area contributed by atoms with Crippen molar-refractivity contribution in [3.63, 3.8) is 0 Å². The molecule has 0 unspecified atom stereocenters. The fraction of sp³-hybridized carbons (Fsp3) is 0.391. The van der Waals surface area contributed by atoms with Gasteiger partial charge in [-0.25, -0.2) is 0 Å². The van der Waals surface area contributed by atoms with Gasteiger partial charge < -0.3 is 15.4 Å². The van der Waals surface area contributed by atoms with E-state index in [9.17, 15) is 9.59 Å². The molecule has 2 N–H and O–H groups in total. The number of carbonyl (C=O) groups excluding carboxylic acids is 2. The third-order valence-electron chi connectivity index (χ3n) is 5.07. The molecule has 2 aromatic carbocycles. The van der Waals surface area contributed by atoms with Crippen LogP contribution in [0.15, 0.2) is 42.5 Å². The van der Waals surface area contributed by atoms with Gasteiger partial charge in [0, 0.05) is 28.7 Å². The van der Waals surface area contributed by atoms with Gasteiger partial charge in [0.05, 0.1) is 11.6 Å². The zero-order valence-corrected chi connectivity index (χ0v) is 18.3. The molecule has 0 heterocycles. The summed E-state index contributed by atoms with van der Waals surface area (Å²) in [6.45, 7) is 0.370. The minimum Gasteiger partial charge on any atom is -0.492 e. The van der Waals surface area contributed by atoms with E-state index in [0.717, 1.165) is 12.8 Å². The maximum atomic E-state index is 12.4. The first kappa shape index (κ1) is 22.4. The highest BCUT2D eigenvalue weighted by Crippen LogP contribution is 2.27. The van der Waals surface area contributed by atoms with Crippen molar-refractivity contribution in [2.45, 2.75) is 51.0 Å². The van der Waals surface area contributed by atoms with Gasteiger partial charge in [0.1, 0.15) is 5.75 Å². The van der Waals surface area contributed by atoms with Crippen molar-refractivity contribution in [2.24, 2.45) is 0 Å². The Morgan fingerprint density at radius 3 is 2.43 bits per heavy atom. The van der Waals surface area contributed by atoms with Gasteiger partial charge in [0.15, 0.2) is 0 Å². The van der Waals surface area contributed by atoms with E-state index in [0.29, 0.717) is 46.5 Å². The SMILES string of the molecule is O=C(CCCOc1ccc(Cl)cc1Cl)Nc1ccc(C(=O)NC2CCCCC2)cc1. The quantitative estimate of drug-likeness (QED) is 0.497. The number of benzene rings is 2. The van der Waals surface area contributed by atoms with Crippen LogP contribution in [-0.2, 0) is 4.79 Å². The molecule has 5 nitrogen and oxygen atoms in total. The maximum absolute atomic E-state index is 12.4. The van der Waals surface area contributed by atoms with E-state index in [1.54, 1.807) is 42.5 Å². The molecule has 0 saturated heterocycles. The maximum Gasteiger partial charge on any atom is 0.251 e. The molecule has 0 bridgehead atoms. The summed E-state index contributed by atoms with van der Waals surface area (Å²) in [5.41, 5.74) is 1.27. The Morgan fingerprint density at radius 1 is 1.00 bits per heavy atom. The molecule has 0 radical (unpaired) electrons. The smallest absolute Gasteiger partial charge is 0.251 e. The van der Waals surface area contributed by atoms with Crippen LogP contribution in [0.4, 0.5) is 5.69 Å². The van der Waals surface area contributed by atoms with Crippen molar-refractivity contribution in [1.82, 2.24) is 5.32 Å². The fourth-order valence-electron chi connectivity index (χ4n) is 3.45. The van der Waals surface area contributed by atoms with Gasteiger partial charge in [-0.3, -0.25) is 9.59 Å². The van der Waals surface area contributed by atoms with Gasteiger partial charge >= 0.3 is 0 Å². The number of hydrogen-bond donors (Lipinski definition) is 2. The molecule has 0 aliphatic heterocycles.